The van der Waals surface area contributed by atoms with Gasteiger partial charge in [0, 0.05) is 16.9 Å². The van der Waals surface area contributed by atoms with E-state index in [1.165, 1.54) is 11.8 Å². The van der Waals surface area contributed by atoms with E-state index in [9.17, 15) is 4.79 Å². The van der Waals surface area contributed by atoms with Gasteiger partial charge in [-0.15, -0.1) is 5.10 Å². The number of thioether (sulfide) groups is 1. The lowest BCUT2D eigenvalue weighted by Gasteiger charge is -2.11. The zero-order valence-corrected chi connectivity index (χ0v) is 16.2. The maximum Gasteiger partial charge on any atom is 0.214 e. The van der Waals surface area contributed by atoms with Gasteiger partial charge in [0.05, 0.1) is 19.4 Å². The molecule has 2 aromatic carbocycles. The zero-order chi connectivity index (χ0) is 19.2. The van der Waals surface area contributed by atoms with Crippen LogP contribution < -0.4 is 9.47 Å². The van der Waals surface area contributed by atoms with E-state index in [4.69, 9.17) is 9.47 Å². The predicted octanol–water partition coefficient (Wildman–Crippen LogP) is 3.56. The Kier molecular flexibility index (Phi) is 6.08. The number of nitrogens with zero attached hydrogens (tertiary/aromatic N) is 4. The van der Waals surface area contributed by atoms with Gasteiger partial charge in [0.1, 0.15) is 11.5 Å². The Bertz CT molecular complexity index is 925. The van der Waals surface area contributed by atoms with E-state index in [1.54, 1.807) is 24.8 Å². The summed E-state index contributed by atoms with van der Waals surface area (Å²) in [6.45, 7) is 4.04. The number of ketones is 1. The summed E-state index contributed by atoms with van der Waals surface area (Å²) in [5.41, 5.74) is 2.42. The maximum atomic E-state index is 11.7. The second-order valence-electron chi connectivity index (χ2n) is 5.67. The third-order valence-corrected chi connectivity index (χ3v) is 4.85. The maximum absolute atomic E-state index is 11.7. The van der Waals surface area contributed by atoms with E-state index in [0.29, 0.717) is 23.1 Å². The molecule has 1 heterocycles. The molecule has 0 atom stereocenters. The highest BCUT2D eigenvalue weighted by molar-refractivity contribution is 7.98. The summed E-state index contributed by atoms with van der Waals surface area (Å²) >= 11 is 1.48. The summed E-state index contributed by atoms with van der Waals surface area (Å²) in [6.07, 6.45) is 0. The fourth-order valence-electron chi connectivity index (χ4n) is 2.50. The Morgan fingerprint density at radius 3 is 2.63 bits per heavy atom. The third kappa shape index (κ3) is 4.46. The summed E-state index contributed by atoms with van der Waals surface area (Å²) in [4.78, 5) is 11.7. The first-order valence-corrected chi connectivity index (χ1v) is 9.43. The van der Waals surface area contributed by atoms with E-state index in [-0.39, 0.29) is 5.78 Å². The number of tetrazole rings is 1. The van der Waals surface area contributed by atoms with Crippen molar-refractivity contribution < 1.29 is 14.3 Å². The highest BCUT2D eigenvalue weighted by atomic mass is 32.2. The molecule has 0 N–H and O–H groups in total. The Balaban J connectivity index is 1.82. The van der Waals surface area contributed by atoms with E-state index in [0.717, 1.165) is 22.7 Å². The number of rotatable bonds is 8. The molecule has 0 amide bonds. The summed E-state index contributed by atoms with van der Waals surface area (Å²) in [5, 5.41) is 12.6. The molecule has 0 saturated heterocycles. The first kappa shape index (κ1) is 18.9. The molecular weight excluding hydrogens is 364 g/mol. The van der Waals surface area contributed by atoms with Gasteiger partial charge in [-0.05, 0) is 66.7 Å². The normalized spacial score (nSPS) is 10.6. The van der Waals surface area contributed by atoms with Crippen LogP contribution in [0.5, 0.6) is 11.5 Å². The molecule has 0 unspecified atom stereocenters. The summed E-state index contributed by atoms with van der Waals surface area (Å²) in [6, 6.07) is 13.0. The summed E-state index contributed by atoms with van der Waals surface area (Å²) in [7, 11) is 1.62. The minimum atomic E-state index is 0.0207. The van der Waals surface area contributed by atoms with Crippen molar-refractivity contribution in [2.45, 2.75) is 24.8 Å². The van der Waals surface area contributed by atoms with E-state index < -0.39 is 0 Å². The molecule has 0 spiro atoms. The topological polar surface area (TPSA) is 79.1 Å². The van der Waals surface area contributed by atoms with Crippen LogP contribution in [0.15, 0.2) is 47.6 Å². The van der Waals surface area contributed by atoms with Crippen molar-refractivity contribution in [3.8, 4) is 17.2 Å². The Hall–Kier alpha value is -2.87. The van der Waals surface area contributed by atoms with Crippen molar-refractivity contribution in [3.63, 3.8) is 0 Å². The molecular formula is C19H20N4O3S. The minimum absolute atomic E-state index is 0.0207. The number of Topliss-reactive ketones (excluding diaryl/α,β-unsaturated/α-hetero) is 1. The molecule has 0 radical (unpaired) electrons. The summed E-state index contributed by atoms with van der Waals surface area (Å²) in [5.74, 6) is 2.13. The van der Waals surface area contributed by atoms with Crippen molar-refractivity contribution in [3.05, 3.63) is 53.6 Å². The first-order chi connectivity index (χ1) is 13.1. The molecule has 7 nitrogen and oxygen atoms in total. The molecule has 0 bridgehead atoms. The molecule has 1 aromatic heterocycles. The van der Waals surface area contributed by atoms with Crippen LogP contribution in [0.4, 0.5) is 0 Å². The first-order valence-electron chi connectivity index (χ1n) is 8.44. The molecule has 27 heavy (non-hydrogen) atoms. The van der Waals surface area contributed by atoms with Crippen LogP contribution in [0, 0.1) is 0 Å². The molecule has 140 valence electrons. The van der Waals surface area contributed by atoms with Gasteiger partial charge in [-0.25, -0.2) is 0 Å². The van der Waals surface area contributed by atoms with Crippen LogP contribution in [-0.4, -0.2) is 39.7 Å². The van der Waals surface area contributed by atoms with Gasteiger partial charge in [0.2, 0.25) is 5.16 Å². The number of methoxy groups -OCH3 is 1. The van der Waals surface area contributed by atoms with E-state index in [2.05, 4.69) is 15.5 Å². The number of aromatic nitrogens is 4. The third-order valence-electron chi connectivity index (χ3n) is 3.88. The zero-order valence-electron chi connectivity index (χ0n) is 15.4. The highest BCUT2D eigenvalue weighted by Gasteiger charge is 2.13. The molecule has 0 fully saturated rings. The largest absolute Gasteiger partial charge is 0.497 e. The van der Waals surface area contributed by atoms with Crippen LogP contribution >= 0.6 is 11.8 Å². The van der Waals surface area contributed by atoms with E-state index >= 15 is 0 Å². The van der Waals surface area contributed by atoms with Crippen LogP contribution in [0.3, 0.4) is 0 Å². The van der Waals surface area contributed by atoms with Crippen LogP contribution in [0.1, 0.15) is 29.8 Å². The lowest BCUT2D eigenvalue weighted by atomic mass is 10.1. The van der Waals surface area contributed by atoms with Gasteiger partial charge in [0.15, 0.2) is 5.78 Å². The number of carbonyl (C=O) groups excluding carboxylic acids is 1. The monoisotopic (exact) mass is 384 g/mol. The Morgan fingerprint density at radius 2 is 1.96 bits per heavy atom. The second kappa shape index (κ2) is 8.68. The Labute approximate surface area is 161 Å². The predicted molar refractivity (Wildman–Crippen MR) is 103 cm³/mol. The minimum Gasteiger partial charge on any atom is -0.497 e. The van der Waals surface area contributed by atoms with Crippen molar-refractivity contribution in [2.75, 3.05) is 13.7 Å². The van der Waals surface area contributed by atoms with Crippen molar-refractivity contribution in [1.82, 2.24) is 20.2 Å². The van der Waals surface area contributed by atoms with Crippen molar-refractivity contribution in [1.29, 1.82) is 0 Å². The number of benzene rings is 2. The van der Waals surface area contributed by atoms with Gasteiger partial charge >= 0.3 is 0 Å². The van der Waals surface area contributed by atoms with Crippen LogP contribution in [0.2, 0.25) is 0 Å². The number of ether oxygens (including phenoxy) is 2. The van der Waals surface area contributed by atoms with Gasteiger partial charge in [-0.1, -0.05) is 11.8 Å². The average molecular weight is 384 g/mol. The molecule has 0 aliphatic heterocycles. The number of carbonyl (C=O) groups is 1. The van der Waals surface area contributed by atoms with Gasteiger partial charge in [-0.2, -0.15) is 4.68 Å². The van der Waals surface area contributed by atoms with Gasteiger partial charge < -0.3 is 9.47 Å². The Morgan fingerprint density at radius 1 is 1.19 bits per heavy atom. The SMILES string of the molecule is CCOc1ccc(C(C)=O)cc1CSc1nnnn1-c1ccc(OC)cc1. The molecule has 0 aliphatic carbocycles. The van der Waals surface area contributed by atoms with Gasteiger partial charge in [-0.3, -0.25) is 4.79 Å². The smallest absolute Gasteiger partial charge is 0.214 e. The summed E-state index contributed by atoms with van der Waals surface area (Å²) < 4.78 is 12.5. The van der Waals surface area contributed by atoms with Crippen LogP contribution in [-0.2, 0) is 5.75 Å². The van der Waals surface area contributed by atoms with Crippen molar-refractivity contribution >= 4 is 17.5 Å². The lowest BCUT2D eigenvalue weighted by molar-refractivity contribution is 0.101. The van der Waals surface area contributed by atoms with Gasteiger partial charge in [0.25, 0.3) is 0 Å². The standard InChI is InChI=1S/C19H20N4O3S/c1-4-26-18-10-5-14(13(2)24)11-15(18)12-27-19-20-21-22-23(19)16-6-8-17(25-3)9-7-16/h5-11H,4,12H2,1-3H3. The molecule has 8 heteroatoms. The lowest BCUT2D eigenvalue weighted by Crippen LogP contribution is -2.01. The molecule has 3 rings (SSSR count). The second-order valence-corrected chi connectivity index (χ2v) is 6.61. The van der Waals surface area contributed by atoms with Crippen LogP contribution in [0.25, 0.3) is 5.69 Å². The number of hydrogen-bond donors (Lipinski definition) is 0. The number of hydrogen-bond acceptors (Lipinski definition) is 7. The van der Waals surface area contributed by atoms with E-state index in [1.807, 2.05) is 43.3 Å². The quantitative estimate of drug-likeness (QED) is 0.434. The molecule has 0 aliphatic rings. The fraction of sp³-hybridized carbons (Fsp3) is 0.263. The fourth-order valence-corrected chi connectivity index (χ4v) is 3.37. The molecule has 0 saturated carbocycles. The average Bonchev–Trinajstić information content (AvgIpc) is 3.16. The highest BCUT2D eigenvalue weighted by Crippen LogP contribution is 2.29. The molecule has 3 aromatic rings. The van der Waals surface area contributed by atoms with Crippen molar-refractivity contribution in [2.24, 2.45) is 0 Å².